The number of fused-ring (bicyclic) bond motifs is 1. The van der Waals surface area contributed by atoms with Gasteiger partial charge in [-0.3, -0.25) is 4.79 Å². The summed E-state index contributed by atoms with van der Waals surface area (Å²) >= 11 is 7.90. The van der Waals surface area contributed by atoms with Crippen molar-refractivity contribution >= 4 is 35.1 Å². The summed E-state index contributed by atoms with van der Waals surface area (Å²) in [6, 6.07) is 14.5. The first-order valence-corrected chi connectivity index (χ1v) is 10.2. The fourth-order valence-corrected chi connectivity index (χ4v) is 4.16. The smallest absolute Gasteiger partial charge is 0.263 e. The number of benzene rings is 2. The van der Waals surface area contributed by atoms with Crippen molar-refractivity contribution in [3.8, 4) is 17.2 Å². The maximum atomic E-state index is 12.5. The lowest BCUT2D eigenvalue weighted by molar-refractivity contribution is -0.118. The molecule has 3 aromatic rings. The Morgan fingerprint density at radius 3 is 2.86 bits per heavy atom. The summed E-state index contributed by atoms with van der Waals surface area (Å²) < 4.78 is 12.5. The Morgan fingerprint density at radius 1 is 1.21 bits per heavy atom. The molecule has 0 radical (unpaired) electrons. The second kappa shape index (κ2) is 8.16. The van der Waals surface area contributed by atoms with E-state index in [1.54, 1.807) is 41.8 Å². The summed E-state index contributed by atoms with van der Waals surface area (Å²) in [5.41, 5.74) is 2.82. The van der Waals surface area contributed by atoms with Gasteiger partial charge < -0.3 is 14.8 Å². The summed E-state index contributed by atoms with van der Waals surface area (Å²) in [6.45, 7) is -0.115. The lowest BCUT2D eigenvalue weighted by atomic mass is 10.2. The molecule has 1 amide bonds. The van der Waals surface area contributed by atoms with E-state index in [0.29, 0.717) is 22.3 Å². The van der Waals surface area contributed by atoms with Crippen LogP contribution >= 0.6 is 23.4 Å². The molecule has 1 aliphatic heterocycles. The lowest BCUT2D eigenvalue weighted by Gasteiger charge is -2.12. The predicted molar refractivity (Wildman–Crippen MR) is 111 cm³/mol. The van der Waals surface area contributed by atoms with E-state index in [9.17, 15) is 4.79 Å². The molecule has 0 saturated carbocycles. The molecule has 0 bridgehead atoms. The van der Waals surface area contributed by atoms with E-state index >= 15 is 0 Å². The van der Waals surface area contributed by atoms with Crippen LogP contribution in [0.25, 0.3) is 5.69 Å². The van der Waals surface area contributed by atoms with E-state index in [4.69, 9.17) is 21.1 Å². The number of rotatable bonds is 6. The molecule has 28 heavy (non-hydrogen) atoms. The highest BCUT2D eigenvalue weighted by Crippen LogP contribution is 2.36. The van der Waals surface area contributed by atoms with Crippen molar-refractivity contribution in [3.05, 3.63) is 64.8 Å². The van der Waals surface area contributed by atoms with Crippen LogP contribution in [-0.4, -0.2) is 29.4 Å². The molecule has 1 N–H and O–H groups in total. The zero-order chi connectivity index (χ0) is 19.5. The van der Waals surface area contributed by atoms with Gasteiger partial charge in [-0.05, 0) is 30.3 Å². The Morgan fingerprint density at radius 2 is 2.04 bits per heavy atom. The van der Waals surface area contributed by atoms with Crippen LogP contribution in [0.1, 0.15) is 11.3 Å². The molecule has 2 aromatic carbocycles. The molecule has 6 nitrogen and oxygen atoms in total. The van der Waals surface area contributed by atoms with Crippen LogP contribution in [0, 0.1) is 0 Å². The second-order valence-corrected chi connectivity index (χ2v) is 7.60. The molecule has 0 spiro atoms. The van der Waals surface area contributed by atoms with Gasteiger partial charge in [0.25, 0.3) is 5.91 Å². The minimum absolute atomic E-state index is 0.115. The molecule has 144 valence electrons. The SMILES string of the molecule is COc1cccc(OCC(=O)Nc2c3c(nn2-c2cccc(Cl)c2)CSC3)c1. The molecule has 0 saturated heterocycles. The number of carbonyl (C=O) groups excluding carboxylic acids is 1. The van der Waals surface area contributed by atoms with E-state index in [2.05, 4.69) is 10.4 Å². The average Bonchev–Trinajstić information content (AvgIpc) is 3.29. The minimum Gasteiger partial charge on any atom is -0.497 e. The molecule has 0 unspecified atom stereocenters. The average molecular weight is 416 g/mol. The standard InChI is InChI=1S/C20H18ClN3O3S/c1-26-15-6-3-7-16(9-15)27-10-19(25)22-20-17-11-28-12-18(17)23-24(20)14-5-2-4-13(21)8-14/h2-9H,10-12H2,1H3,(H,22,25). The number of nitrogens with one attached hydrogen (secondary N) is 1. The molecule has 0 atom stereocenters. The van der Waals surface area contributed by atoms with Gasteiger partial charge in [0.15, 0.2) is 6.61 Å². The van der Waals surface area contributed by atoms with Gasteiger partial charge in [-0.1, -0.05) is 23.7 Å². The second-order valence-electron chi connectivity index (χ2n) is 6.17. The molecule has 1 aromatic heterocycles. The number of methoxy groups -OCH3 is 1. The number of thioether (sulfide) groups is 1. The Hall–Kier alpha value is -2.64. The first-order chi connectivity index (χ1) is 13.6. The molecule has 0 aliphatic carbocycles. The molecule has 0 fully saturated rings. The molecule has 4 rings (SSSR count). The number of halogens is 1. The van der Waals surface area contributed by atoms with Crippen LogP contribution in [0.2, 0.25) is 5.02 Å². The number of hydrogen-bond acceptors (Lipinski definition) is 5. The first kappa shape index (κ1) is 18.7. The molecule has 8 heteroatoms. The van der Waals surface area contributed by atoms with Crippen LogP contribution < -0.4 is 14.8 Å². The Balaban J connectivity index is 1.53. The number of amides is 1. The van der Waals surface area contributed by atoms with E-state index < -0.39 is 0 Å². The van der Waals surface area contributed by atoms with Crippen molar-refractivity contribution in [1.82, 2.24) is 9.78 Å². The van der Waals surface area contributed by atoms with Crippen molar-refractivity contribution < 1.29 is 14.3 Å². The van der Waals surface area contributed by atoms with Gasteiger partial charge in [0.2, 0.25) is 0 Å². The fourth-order valence-electron chi connectivity index (χ4n) is 2.94. The Kier molecular flexibility index (Phi) is 5.45. The molecular formula is C20H18ClN3O3S. The Labute approximate surface area is 171 Å². The quantitative estimate of drug-likeness (QED) is 0.650. The van der Waals surface area contributed by atoms with Crippen molar-refractivity contribution in [2.24, 2.45) is 0 Å². The van der Waals surface area contributed by atoms with Gasteiger partial charge in [0.05, 0.1) is 18.5 Å². The number of aromatic nitrogens is 2. The van der Waals surface area contributed by atoms with E-state index in [0.717, 1.165) is 28.5 Å². The maximum Gasteiger partial charge on any atom is 0.263 e. The number of hydrogen-bond donors (Lipinski definition) is 1. The predicted octanol–water partition coefficient (Wildman–Crippen LogP) is 4.30. The third-order valence-corrected chi connectivity index (χ3v) is 5.48. The summed E-state index contributed by atoms with van der Waals surface area (Å²) in [7, 11) is 1.58. The van der Waals surface area contributed by atoms with Crippen LogP contribution in [0.15, 0.2) is 48.5 Å². The van der Waals surface area contributed by atoms with Crippen LogP contribution in [0.4, 0.5) is 5.82 Å². The van der Waals surface area contributed by atoms with E-state index in [1.165, 1.54) is 0 Å². The topological polar surface area (TPSA) is 65.4 Å². The zero-order valence-corrected chi connectivity index (χ0v) is 16.7. The van der Waals surface area contributed by atoms with Crippen LogP contribution in [-0.2, 0) is 16.3 Å². The van der Waals surface area contributed by atoms with Crippen LogP contribution in [0.5, 0.6) is 11.5 Å². The summed E-state index contributed by atoms with van der Waals surface area (Å²) in [5, 5.41) is 8.23. The number of ether oxygens (including phenoxy) is 2. The lowest BCUT2D eigenvalue weighted by Crippen LogP contribution is -2.22. The normalized spacial score (nSPS) is 12.5. The number of anilines is 1. The fraction of sp³-hybridized carbons (Fsp3) is 0.200. The highest BCUT2D eigenvalue weighted by Gasteiger charge is 2.24. The molecule has 2 heterocycles. The minimum atomic E-state index is -0.259. The van der Waals surface area contributed by atoms with Crippen molar-refractivity contribution in [2.45, 2.75) is 11.5 Å². The van der Waals surface area contributed by atoms with Gasteiger partial charge in [0, 0.05) is 28.2 Å². The monoisotopic (exact) mass is 415 g/mol. The van der Waals surface area contributed by atoms with Gasteiger partial charge in [-0.25, -0.2) is 4.68 Å². The summed E-state index contributed by atoms with van der Waals surface area (Å²) in [4.78, 5) is 12.5. The number of carbonyl (C=O) groups is 1. The van der Waals surface area contributed by atoms with Crippen molar-refractivity contribution in [3.63, 3.8) is 0 Å². The van der Waals surface area contributed by atoms with Gasteiger partial charge in [0.1, 0.15) is 17.3 Å². The van der Waals surface area contributed by atoms with Gasteiger partial charge in [-0.2, -0.15) is 16.9 Å². The summed E-state index contributed by atoms with van der Waals surface area (Å²) in [5.74, 6) is 3.28. The van der Waals surface area contributed by atoms with Crippen molar-refractivity contribution in [1.29, 1.82) is 0 Å². The highest BCUT2D eigenvalue weighted by molar-refractivity contribution is 7.98. The van der Waals surface area contributed by atoms with Crippen LogP contribution in [0.3, 0.4) is 0 Å². The van der Waals surface area contributed by atoms with E-state index in [-0.39, 0.29) is 12.5 Å². The third-order valence-electron chi connectivity index (χ3n) is 4.27. The van der Waals surface area contributed by atoms with Gasteiger partial charge in [-0.15, -0.1) is 0 Å². The maximum absolute atomic E-state index is 12.5. The van der Waals surface area contributed by atoms with Gasteiger partial charge >= 0.3 is 0 Å². The zero-order valence-electron chi connectivity index (χ0n) is 15.1. The first-order valence-electron chi connectivity index (χ1n) is 8.65. The third kappa shape index (κ3) is 3.95. The highest BCUT2D eigenvalue weighted by atomic mass is 35.5. The number of nitrogens with zero attached hydrogens (tertiary/aromatic N) is 2. The van der Waals surface area contributed by atoms with Crippen molar-refractivity contribution in [2.75, 3.05) is 19.0 Å². The largest absolute Gasteiger partial charge is 0.497 e. The molecular weight excluding hydrogens is 398 g/mol. The molecule has 1 aliphatic rings. The Bertz CT molecular complexity index is 1020. The summed E-state index contributed by atoms with van der Waals surface area (Å²) in [6.07, 6.45) is 0. The van der Waals surface area contributed by atoms with E-state index in [1.807, 2.05) is 30.3 Å².